The molecular weight excluding hydrogens is 270 g/mol. The molecule has 0 spiro atoms. The molecule has 1 aromatic heterocycles. The summed E-state index contributed by atoms with van der Waals surface area (Å²) in [5, 5.41) is 3.95. The summed E-state index contributed by atoms with van der Waals surface area (Å²) in [6, 6.07) is 5.85. The summed E-state index contributed by atoms with van der Waals surface area (Å²) in [4.78, 5) is 18.1. The highest BCUT2D eigenvalue weighted by Crippen LogP contribution is 2.36. The van der Waals surface area contributed by atoms with Crippen LogP contribution in [0, 0.1) is 0 Å². The van der Waals surface area contributed by atoms with Crippen molar-refractivity contribution in [3.05, 3.63) is 30.1 Å². The Morgan fingerprint density at radius 1 is 1.48 bits per heavy atom. The molecule has 7 heteroatoms. The van der Waals surface area contributed by atoms with E-state index in [1.54, 1.807) is 12.0 Å². The molecule has 0 aliphatic carbocycles. The number of nitrogens with two attached hydrogens (primary N) is 1. The summed E-state index contributed by atoms with van der Waals surface area (Å²) in [6.07, 6.45) is 3.35. The van der Waals surface area contributed by atoms with E-state index in [1.807, 2.05) is 18.2 Å². The second-order valence-corrected chi connectivity index (χ2v) is 4.92. The van der Waals surface area contributed by atoms with E-state index in [-0.39, 0.29) is 18.4 Å². The van der Waals surface area contributed by atoms with E-state index < -0.39 is 0 Å². The molecule has 0 bridgehead atoms. The number of nitrogens with zero attached hydrogens (tertiary/aromatic N) is 4. The topological polar surface area (TPSA) is 86.3 Å². The summed E-state index contributed by atoms with van der Waals surface area (Å²) in [6.45, 7) is 0.790. The number of para-hydroxylation sites is 1. The van der Waals surface area contributed by atoms with Gasteiger partial charge in [-0.15, -0.1) is 5.10 Å². The van der Waals surface area contributed by atoms with Gasteiger partial charge in [0.1, 0.15) is 18.6 Å². The highest BCUT2D eigenvalue weighted by atomic mass is 16.5. The Kier molecular flexibility index (Phi) is 3.47. The van der Waals surface area contributed by atoms with Crippen molar-refractivity contribution in [3.8, 4) is 5.75 Å². The number of methoxy groups -OCH3 is 1. The minimum absolute atomic E-state index is 0.0506. The summed E-state index contributed by atoms with van der Waals surface area (Å²) in [7, 11) is 1.62. The molecule has 0 saturated heterocycles. The van der Waals surface area contributed by atoms with Crippen LogP contribution < -0.4 is 15.4 Å². The number of hydrogen-bond donors (Lipinski definition) is 1. The van der Waals surface area contributed by atoms with E-state index >= 15 is 0 Å². The summed E-state index contributed by atoms with van der Waals surface area (Å²) < 4.78 is 6.84. The van der Waals surface area contributed by atoms with Gasteiger partial charge in [0.2, 0.25) is 11.9 Å². The van der Waals surface area contributed by atoms with Gasteiger partial charge in [-0.05, 0) is 24.5 Å². The van der Waals surface area contributed by atoms with Crippen LogP contribution in [0.4, 0.5) is 11.6 Å². The van der Waals surface area contributed by atoms with Crippen molar-refractivity contribution >= 4 is 17.5 Å². The number of anilines is 2. The lowest BCUT2D eigenvalue weighted by Gasteiger charge is -2.30. The number of fused-ring (bicyclic) bond motifs is 1. The summed E-state index contributed by atoms with van der Waals surface area (Å²) in [5.74, 6) is 0.837. The van der Waals surface area contributed by atoms with Crippen molar-refractivity contribution in [2.75, 3.05) is 24.3 Å². The van der Waals surface area contributed by atoms with Crippen LogP contribution in [0.25, 0.3) is 0 Å². The zero-order chi connectivity index (χ0) is 14.8. The quantitative estimate of drug-likeness (QED) is 0.904. The Morgan fingerprint density at radius 2 is 2.33 bits per heavy atom. The van der Waals surface area contributed by atoms with E-state index in [0.29, 0.717) is 6.54 Å². The van der Waals surface area contributed by atoms with Crippen LogP contribution in [0.1, 0.15) is 12.0 Å². The first-order valence-electron chi connectivity index (χ1n) is 6.80. The number of rotatable bonds is 3. The lowest BCUT2D eigenvalue weighted by atomic mass is 10.0. The van der Waals surface area contributed by atoms with Gasteiger partial charge in [-0.25, -0.2) is 9.67 Å². The van der Waals surface area contributed by atoms with Crippen LogP contribution in [-0.4, -0.2) is 34.3 Å². The van der Waals surface area contributed by atoms with E-state index in [2.05, 4.69) is 10.1 Å². The Labute approximate surface area is 122 Å². The maximum Gasteiger partial charge on any atom is 0.248 e. The zero-order valence-electron chi connectivity index (χ0n) is 11.8. The van der Waals surface area contributed by atoms with Gasteiger partial charge in [-0.3, -0.25) is 4.79 Å². The van der Waals surface area contributed by atoms with E-state index in [1.165, 1.54) is 11.0 Å². The second kappa shape index (κ2) is 5.43. The Bertz CT molecular complexity index is 653. The third kappa shape index (κ3) is 2.54. The van der Waals surface area contributed by atoms with Crippen molar-refractivity contribution in [1.82, 2.24) is 14.8 Å². The molecule has 7 nitrogen and oxygen atoms in total. The van der Waals surface area contributed by atoms with Gasteiger partial charge in [0.25, 0.3) is 0 Å². The summed E-state index contributed by atoms with van der Waals surface area (Å²) in [5.41, 5.74) is 7.46. The normalized spacial score (nSPS) is 13.9. The number of amides is 1. The second-order valence-electron chi connectivity index (χ2n) is 4.92. The standard InChI is InChI=1S/C14H17N5O2/c1-21-11-6-2-4-10-5-3-7-19(13(10)11)12(20)8-18-9-16-14(15)17-18/h2,4,6,9H,3,5,7-8H2,1H3,(H2,15,17). The molecular formula is C14H17N5O2. The minimum Gasteiger partial charge on any atom is -0.495 e. The number of aryl methyl sites for hydroxylation is 1. The molecule has 2 N–H and O–H groups in total. The fraction of sp³-hybridized carbons (Fsp3) is 0.357. The van der Waals surface area contributed by atoms with Gasteiger partial charge in [-0.1, -0.05) is 12.1 Å². The first-order valence-corrected chi connectivity index (χ1v) is 6.80. The molecule has 2 heterocycles. The predicted molar refractivity (Wildman–Crippen MR) is 78.1 cm³/mol. The van der Waals surface area contributed by atoms with E-state index in [9.17, 15) is 4.79 Å². The lowest BCUT2D eigenvalue weighted by Crippen LogP contribution is -2.38. The fourth-order valence-corrected chi connectivity index (χ4v) is 2.64. The minimum atomic E-state index is -0.0506. The molecule has 0 saturated carbocycles. The molecule has 0 radical (unpaired) electrons. The Hall–Kier alpha value is -2.57. The third-order valence-corrected chi connectivity index (χ3v) is 3.55. The molecule has 21 heavy (non-hydrogen) atoms. The molecule has 1 aromatic carbocycles. The van der Waals surface area contributed by atoms with Gasteiger partial charge in [0.15, 0.2) is 0 Å². The first kappa shape index (κ1) is 13.4. The molecule has 1 amide bonds. The summed E-state index contributed by atoms with van der Waals surface area (Å²) >= 11 is 0. The number of nitrogen functional groups attached to an aromatic ring is 1. The van der Waals surface area contributed by atoms with Crippen LogP contribution in [0.3, 0.4) is 0 Å². The van der Waals surface area contributed by atoms with E-state index in [0.717, 1.165) is 29.8 Å². The van der Waals surface area contributed by atoms with Gasteiger partial charge >= 0.3 is 0 Å². The molecule has 0 unspecified atom stereocenters. The molecule has 1 aliphatic heterocycles. The van der Waals surface area contributed by atoms with Crippen molar-refractivity contribution in [2.45, 2.75) is 19.4 Å². The smallest absolute Gasteiger partial charge is 0.248 e. The lowest BCUT2D eigenvalue weighted by molar-refractivity contribution is -0.119. The molecule has 2 aromatic rings. The average Bonchev–Trinajstić information content (AvgIpc) is 2.91. The number of ether oxygens (including phenoxy) is 1. The van der Waals surface area contributed by atoms with Gasteiger partial charge in [0.05, 0.1) is 12.8 Å². The number of carbonyl (C=O) groups excluding carboxylic acids is 1. The number of hydrogen-bond acceptors (Lipinski definition) is 5. The predicted octanol–water partition coefficient (Wildman–Crippen LogP) is 0.848. The van der Waals surface area contributed by atoms with Crippen molar-refractivity contribution in [3.63, 3.8) is 0 Å². The van der Waals surface area contributed by atoms with Crippen LogP contribution in [-0.2, 0) is 17.8 Å². The number of aromatic nitrogens is 3. The van der Waals surface area contributed by atoms with Gasteiger partial charge < -0.3 is 15.4 Å². The molecule has 0 fully saturated rings. The average molecular weight is 287 g/mol. The first-order chi connectivity index (χ1) is 10.2. The maximum atomic E-state index is 12.5. The molecule has 3 rings (SSSR count). The van der Waals surface area contributed by atoms with E-state index in [4.69, 9.17) is 10.5 Å². The third-order valence-electron chi connectivity index (χ3n) is 3.55. The Morgan fingerprint density at radius 3 is 3.05 bits per heavy atom. The number of benzene rings is 1. The molecule has 1 aliphatic rings. The van der Waals surface area contributed by atoms with Gasteiger partial charge in [-0.2, -0.15) is 0 Å². The van der Waals surface area contributed by atoms with Gasteiger partial charge in [0, 0.05) is 6.54 Å². The van der Waals surface area contributed by atoms with Crippen molar-refractivity contribution < 1.29 is 9.53 Å². The van der Waals surface area contributed by atoms with Crippen LogP contribution >= 0.6 is 0 Å². The molecule has 110 valence electrons. The highest BCUT2D eigenvalue weighted by Gasteiger charge is 2.26. The monoisotopic (exact) mass is 287 g/mol. The van der Waals surface area contributed by atoms with Crippen molar-refractivity contribution in [1.29, 1.82) is 0 Å². The fourth-order valence-electron chi connectivity index (χ4n) is 2.64. The van der Waals surface area contributed by atoms with Crippen LogP contribution in [0.15, 0.2) is 24.5 Å². The SMILES string of the molecule is COc1cccc2c1N(C(=O)Cn1cnc(N)n1)CCC2. The highest BCUT2D eigenvalue weighted by molar-refractivity contribution is 5.96. The van der Waals surface area contributed by atoms with Crippen LogP contribution in [0.2, 0.25) is 0 Å². The largest absolute Gasteiger partial charge is 0.495 e. The maximum absolute atomic E-state index is 12.5. The van der Waals surface area contributed by atoms with Crippen LogP contribution in [0.5, 0.6) is 5.75 Å². The Balaban J connectivity index is 1.89. The molecule has 0 atom stereocenters. The zero-order valence-corrected chi connectivity index (χ0v) is 11.8. The van der Waals surface area contributed by atoms with Crippen molar-refractivity contribution in [2.24, 2.45) is 0 Å². The number of carbonyl (C=O) groups is 1.